The Morgan fingerprint density at radius 3 is 2.59 bits per heavy atom. The summed E-state index contributed by atoms with van der Waals surface area (Å²) in [4.78, 5) is 12.6. The number of rotatable bonds is 6. The summed E-state index contributed by atoms with van der Waals surface area (Å²) in [5, 5.41) is 3.07. The van der Waals surface area contributed by atoms with E-state index in [-0.39, 0.29) is 33.1 Å². The zero-order valence-corrected chi connectivity index (χ0v) is 18.0. The van der Waals surface area contributed by atoms with Crippen LogP contribution < -0.4 is 14.8 Å². The highest BCUT2D eigenvalue weighted by Gasteiger charge is 2.25. The van der Waals surface area contributed by atoms with Crippen LogP contribution in [0.25, 0.3) is 0 Å². The van der Waals surface area contributed by atoms with Gasteiger partial charge in [0.2, 0.25) is 0 Å². The molecule has 1 aliphatic carbocycles. The van der Waals surface area contributed by atoms with Crippen LogP contribution in [0.3, 0.4) is 0 Å². The normalized spacial score (nSPS) is 19.4. The van der Waals surface area contributed by atoms with Crippen LogP contribution in [0.15, 0.2) is 47.4 Å². The number of nitrogens with one attached hydrogen (secondary N) is 2. The molecule has 0 heterocycles. The van der Waals surface area contributed by atoms with Gasteiger partial charge in [0, 0.05) is 11.6 Å². The van der Waals surface area contributed by atoms with Crippen molar-refractivity contribution in [3.63, 3.8) is 0 Å². The fourth-order valence-corrected chi connectivity index (χ4v) is 5.16. The molecule has 1 amide bonds. The topological polar surface area (TPSA) is 84.5 Å². The van der Waals surface area contributed by atoms with Gasteiger partial charge in [-0.25, -0.2) is 8.42 Å². The molecule has 8 heteroatoms. The van der Waals surface area contributed by atoms with Gasteiger partial charge in [-0.15, -0.1) is 0 Å². The molecule has 2 unspecified atom stereocenters. The lowest BCUT2D eigenvalue weighted by molar-refractivity contribution is 0.0910. The summed E-state index contributed by atoms with van der Waals surface area (Å²) in [6.45, 7) is 2.12. The molecule has 0 aromatic heterocycles. The molecule has 0 radical (unpaired) electrons. The Labute approximate surface area is 176 Å². The van der Waals surface area contributed by atoms with E-state index < -0.39 is 10.0 Å². The first-order valence-electron chi connectivity index (χ1n) is 9.58. The average molecular weight is 437 g/mol. The predicted molar refractivity (Wildman–Crippen MR) is 114 cm³/mol. The lowest BCUT2D eigenvalue weighted by Crippen LogP contribution is -2.41. The third-order valence-electron chi connectivity index (χ3n) is 5.26. The number of halogens is 1. The van der Waals surface area contributed by atoms with Crippen molar-refractivity contribution in [1.82, 2.24) is 5.32 Å². The van der Waals surface area contributed by atoms with Crippen molar-refractivity contribution in [3.8, 4) is 5.75 Å². The van der Waals surface area contributed by atoms with Gasteiger partial charge in [0.05, 0.1) is 17.8 Å². The van der Waals surface area contributed by atoms with E-state index in [1.165, 1.54) is 31.7 Å². The van der Waals surface area contributed by atoms with E-state index in [2.05, 4.69) is 17.0 Å². The zero-order valence-electron chi connectivity index (χ0n) is 16.4. The highest BCUT2D eigenvalue weighted by atomic mass is 35.5. The molecule has 0 saturated heterocycles. The van der Waals surface area contributed by atoms with Crippen LogP contribution in [-0.2, 0) is 10.0 Å². The molecule has 0 spiro atoms. The van der Waals surface area contributed by atoms with E-state index in [1.807, 2.05) is 0 Å². The van der Waals surface area contributed by atoms with Crippen LogP contribution in [0.1, 0.15) is 43.0 Å². The number of ether oxygens (including phenoxy) is 1. The number of anilines is 1. The van der Waals surface area contributed by atoms with Crippen molar-refractivity contribution in [2.75, 3.05) is 11.8 Å². The number of methoxy groups -OCH3 is 1. The number of amides is 1. The molecule has 1 fully saturated rings. The summed E-state index contributed by atoms with van der Waals surface area (Å²) in [5.41, 5.74) is 0.546. The molecule has 3 rings (SSSR count). The van der Waals surface area contributed by atoms with Gasteiger partial charge in [-0.1, -0.05) is 43.5 Å². The molecule has 6 nitrogen and oxygen atoms in total. The van der Waals surface area contributed by atoms with Crippen molar-refractivity contribution < 1.29 is 17.9 Å². The van der Waals surface area contributed by atoms with Gasteiger partial charge in [0.25, 0.3) is 15.9 Å². The Hall–Kier alpha value is -2.25. The zero-order chi connectivity index (χ0) is 21.0. The Bertz CT molecular complexity index is 994. The van der Waals surface area contributed by atoms with Crippen molar-refractivity contribution in [3.05, 3.63) is 53.1 Å². The molecule has 2 atom stereocenters. The number of carbonyl (C=O) groups is 1. The summed E-state index contributed by atoms with van der Waals surface area (Å²) < 4.78 is 33.5. The van der Waals surface area contributed by atoms with Gasteiger partial charge in [0.15, 0.2) is 0 Å². The third kappa shape index (κ3) is 5.03. The average Bonchev–Trinajstić information content (AvgIpc) is 2.70. The lowest BCUT2D eigenvalue weighted by atomic mass is 9.86. The summed E-state index contributed by atoms with van der Waals surface area (Å²) in [7, 11) is -2.56. The van der Waals surface area contributed by atoms with E-state index in [0.717, 1.165) is 19.3 Å². The minimum Gasteiger partial charge on any atom is -0.495 e. The monoisotopic (exact) mass is 436 g/mol. The van der Waals surface area contributed by atoms with Crippen LogP contribution in [0.5, 0.6) is 5.75 Å². The van der Waals surface area contributed by atoms with Crippen LogP contribution in [-0.4, -0.2) is 27.5 Å². The van der Waals surface area contributed by atoms with Gasteiger partial charge in [-0.05, 0) is 49.1 Å². The summed E-state index contributed by atoms with van der Waals surface area (Å²) >= 11 is 6.16. The molecule has 0 bridgehead atoms. The van der Waals surface area contributed by atoms with E-state index >= 15 is 0 Å². The van der Waals surface area contributed by atoms with E-state index in [9.17, 15) is 13.2 Å². The molecular weight excluding hydrogens is 412 g/mol. The van der Waals surface area contributed by atoms with Crippen molar-refractivity contribution in [2.24, 2.45) is 5.92 Å². The number of hydrogen-bond donors (Lipinski definition) is 2. The third-order valence-corrected chi connectivity index (χ3v) is 7.11. The largest absolute Gasteiger partial charge is 0.495 e. The molecule has 1 saturated carbocycles. The van der Waals surface area contributed by atoms with Crippen LogP contribution in [0, 0.1) is 5.92 Å². The second-order valence-electron chi connectivity index (χ2n) is 7.29. The summed E-state index contributed by atoms with van der Waals surface area (Å²) in [6, 6.07) is 11.0. The number of hydrogen-bond acceptors (Lipinski definition) is 4. The Balaban J connectivity index is 1.85. The van der Waals surface area contributed by atoms with Crippen LogP contribution >= 0.6 is 11.6 Å². The molecule has 2 aromatic rings. The van der Waals surface area contributed by atoms with Crippen LogP contribution in [0.4, 0.5) is 5.69 Å². The minimum absolute atomic E-state index is 0.0370. The SMILES string of the molecule is COc1ccccc1NS(=O)(=O)c1cc(C(=O)NC2CCCCC2C)ccc1Cl. The van der Waals surface area contributed by atoms with Gasteiger partial charge < -0.3 is 10.1 Å². The smallest absolute Gasteiger partial charge is 0.263 e. The molecule has 2 N–H and O–H groups in total. The Morgan fingerprint density at radius 1 is 1.14 bits per heavy atom. The fraction of sp³-hybridized carbons (Fsp3) is 0.381. The Kier molecular flexibility index (Phi) is 6.70. The maximum absolute atomic E-state index is 12.9. The highest BCUT2D eigenvalue weighted by Crippen LogP contribution is 2.30. The quantitative estimate of drug-likeness (QED) is 0.700. The maximum atomic E-state index is 12.9. The molecule has 156 valence electrons. The van der Waals surface area contributed by atoms with E-state index in [1.54, 1.807) is 24.3 Å². The first kappa shape index (κ1) is 21.5. The van der Waals surface area contributed by atoms with Crippen molar-refractivity contribution >= 4 is 33.2 Å². The standard InChI is InChI=1S/C21H25ClN2O4S/c1-14-7-3-4-8-17(14)23-21(25)15-11-12-16(22)20(13-15)29(26,27)24-18-9-5-6-10-19(18)28-2/h5-6,9-14,17,24H,3-4,7-8H2,1-2H3,(H,23,25). The highest BCUT2D eigenvalue weighted by molar-refractivity contribution is 7.92. The first-order valence-corrected chi connectivity index (χ1v) is 11.4. The van der Waals surface area contributed by atoms with Gasteiger partial charge >= 0.3 is 0 Å². The van der Waals surface area contributed by atoms with Gasteiger partial charge in [0.1, 0.15) is 10.6 Å². The number of carbonyl (C=O) groups excluding carboxylic acids is 1. The Morgan fingerprint density at radius 2 is 1.86 bits per heavy atom. The second kappa shape index (κ2) is 9.05. The van der Waals surface area contributed by atoms with E-state index in [4.69, 9.17) is 16.3 Å². The van der Waals surface area contributed by atoms with E-state index in [0.29, 0.717) is 11.7 Å². The molecule has 2 aromatic carbocycles. The summed E-state index contributed by atoms with van der Waals surface area (Å²) in [5.74, 6) is 0.483. The molecule has 29 heavy (non-hydrogen) atoms. The van der Waals surface area contributed by atoms with Gasteiger partial charge in [-0.3, -0.25) is 9.52 Å². The van der Waals surface area contributed by atoms with Crippen LogP contribution in [0.2, 0.25) is 5.02 Å². The number of sulfonamides is 1. The second-order valence-corrected chi connectivity index (χ2v) is 9.35. The molecular formula is C21H25ClN2O4S. The predicted octanol–water partition coefficient (Wildman–Crippen LogP) is 4.46. The maximum Gasteiger partial charge on any atom is 0.263 e. The fourth-order valence-electron chi connectivity index (χ4n) is 3.56. The molecule has 1 aliphatic rings. The van der Waals surface area contributed by atoms with Crippen molar-refractivity contribution in [1.29, 1.82) is 0 Å². The first-order chi connectivity index (χ1) is 13.8. The summed E-state index contributed by atoms with van der Waals surface area (Å²) in [6.07, 6.45) is 4.26. The molecule has 0 aliphatic heterocycles. The van der Waals surface area contributed by atoms with Crippen molar-refractivity contribution in [2.45, 2.75) is 43.5 Å². The van der Waals surface area contributed by atoms with Gasteiger partial charge in [-0.2, -0.15) is 0 Å². The number of para-hydroxylation sites is 2. The number of benzene rings is 2. The minimum atomic E-state index is -4.02. The lowest BCUT2D eigenvalue weighted by Gasteiger charge is -2.29.